The molecule has 3 N–H and O–H groups in total. The summed E-state index contributed by atoms with van der Waals surface area (Å²) in [4.78, 5) is 19.3. The summed E-state index contributed by atoms with van der Waals surface area (Å²) < 4.78 is 0. The van der Waals surface area contributed by atoms with Crippen LogP contribution in [0.1, 0.15) is 16.2 Å². The van der Waals surface area contributed by atoms with Crippen LogP contribution in [-0.2, 0) is 0 Å². The smallest absolute Gasteiger partial charge is 0.335 e. The lowest BCUT2D eigenvalue weighted by molar-refractivity contribution is 0.0697. The van der Waals surface area contributed by atoms with Gasteiger partial charge in [0.15, 0.2) is 0 Å². The SMILES string of the molecule is CNc1cc(Nc2cccc(C(=O)O)c2)nc(C)n1. The average molecular weight is 258 g/mol. The topological polar surface area (TPSA) is 87.1 Å². The van der Waals surface area contributed by atoms with Gasteiger partial charge in [-0.1, -0.05) is 6.07 Å². The maximum absolute atomic E-state index is 10.9. The second-order valence-corrected chi connectivity index (χ2v) is 3.95. The van der Waals surface area contributed by atoms with E-state index in [1.54, 1.807) is 38.2 Å². The fourth-order valence-corrected chi connectivity index (χ4v) is 1.64. The normalized spacial score (nSPS) is 10.0. The predicted molar refractivity (Wildman–Crippen MR) is 73.0 cm³/mol. The Morgan fingerprint density at radius 1 is 1.21 bits per heavy atom. The van der Waals surface area contributed by atoms with Crippen LogP contribution in [0.25, 0.3) is 0 Å². The first-order valence-electron chi connectivity index (χ1n) is 5.72. The standard InChI is InChI=1S/C13H14N4O2/c1-8-15-11(14-2)7-12(16-8)17-10-5-3-4-9(6-10)13(18)19/h3-7H,1-2H3,(H,18,19)(H2,14,15,16,17). The van der Waals surface area contributed by atoms with Crippen LogP contribution in [0.3, 0.4) is 0 Å². The molecule has 1 heterocycles. The van der Waals surface area contributed by atoms with E-state index in [0.717, 1.165) is 0 Å². The molecule has 0 fully saturated rings. The molecule has 0 radical (unpaired) electrons. The Morgan fingerprint density at radius 3 is 2.63 bits per heavy atom. The summed E-state index contributed by atoms with van der Waals surface area (Å²) >= 11 is 0. The molecule has 0 saturated heterocycles. The van der Waals surface area contributed by atoms with E-state index >= 15 is 0 Å². The molecular formula is C13H14N4O2. The van der Waals surface area contributed by atoms with Gasteiger partial charge in [0.05, 0.1) is 5.56 Å². The first-order valence-corrected chi connectivity index (χ1v) is 5.72. The maximum atomic E-state index is 10.9. The summed E-state index contributed by atoms with van der Waals surface area (Å²) in [5.41, 5.74) is 0.893. The first kappa shape index (κ1) is 12.8. The van der Waals surface area contributed by atoms with Gasteiger partial charge in [0.25, 0.3) is 0 Å². The van der Waals surface area contributed by atoms with E-state index in [4.69, 9.17) is 5.11 Å². The molecule has 19 heavy (non-hydrogen) atoms. The number of carboxylic acid groups (broad SMARTS) is 1. The summed E-state index contributed by atoms with van der Waals surface area (Å²) in [6.45, 7) is 1.79. The number of benzene rings is 1. The van der Waals surface area contributed by atoms with Crippen LogP contribution in [0.2, 0.25) is 0 Å². The number of aryl methyl sites for hydroxylation is 1. The minimum absolute atomic E-state index is 0.226. The lowest BCUT2D eigenvalue weighted by Gasteiger charge is -2.08. The number of anilines is 3. The number of hydrogen-bond acceptors (Lipinski definition) is 5. The van der Waals surface area contributed by atoms with Crippen molar-refractivity contribution in [3.63, 3.8) is 0 Å². The third kappa shape index (κ3) is 3.19. The molecule has 6 heteroatoms. The van der Waals surface area contributed by atoms with Crippen molar-refractivity contribution >= 4 is 23.3 Å². The second kappa shape index (κ2) is 5.34. The van der Waals surface area contributed by atoms with Crippen molar-refractivity contribution in [1.82, 2.24) is 9.97 Å². The molecule has 6 nitrogen and oxygen atoms in total. The van der Waals surface area contributed by atoms with Gasteiger partial charge in [0.2, 0.25) is 0 Å². The Balaban J connectivity index is 2.28. The number of aromatic nitrogens is 2. The van der Waals surface area contributed by atoms with Gasteiger partial charge in [-0.3, -0.25) is 0 Å². The van der Waals surface area contributed by atoms with E-state index < -0.39 is 5.97 Å². The monoisotopic (exact) mass is 258 g/mol. The molecular weight excluding hydrogens is 244 g/mol. The maximum Gasteiger partial charge on any atom is 0.335 e. The molecule has 0 atom stereocenters. The van der Waals surface area contributed by atoms with Crippen molar-refractivity contribution in [1.29, 1.82) is 0 Å². The van der Waals surface area contributed by atoms with Gasteiger partial charge < -0.3 is 15.7 Å². The van der Waals surface area contributed by atoms with Crippen molar-refractivity contribution in [2.24, 2.45) is 0 Å². The molecule has 0 saturated carbocycles. The molecule has 2 aromatic rings. The first-order chi connectivity index (χ1) is 9.08. The molecule has 0 aliphatic heterocycles. The Labute approximate surface area is 110 Å². The van der Waals surface area contributed by atoms with Gasteiger partial charge in [-0.15, -0.1) is 0 Å². The van der Waals surface area contributed by atoms with E-state index in [2.05, 4.69) is 20.6 Å². The predicted octanol–water partition coefficient (Wildman–Crippen LogP) is 2.27. The van der Waals surface area contributed by atoms with Crippen LogP contribution in [0.5, 0.6) is 0 Å². The van der Waals surface area contributed by atoms with Crippen molar-refractivity contribution in [3.8, 4) is 0 Å². The molecule has 1 aromatic carbocycles. The highest BCUT2D eigenvalue weighted by atomic mass is 16.4. The van der Waals surface area contributed by atoms with Crippen molar-refractivity contribution in [2.45, 2.75) is 6.92 Å². The molecule has 0 spiro atoms. The fraction of sp³-hybridized carbons (Fsp3) is 0.154. The van der Waals surface area contributed by atoms with Crippen LogP contribution in [0.15, 0.2) is 30.3 Å². The molecule has 0 aliphatic rings. The number of carbonyl (C=O) groups is 1. The molecule has 2 rings (SSSR count). The van der Waals surface area contributed by atoms with Gasteiger partial charge in [-0.05, 0) is 25.1 Å². The number of hydrogen-bond donors (Lipinski definition) is 3. The summed E-state index contributed by atoms with van der Waals surface area (Å²) in [6, 6.07) is 8.30. The summed E-state index contributed by atoms with van der Waals surface area (Å²) in [5.74, 6) is 0.978. The number of carboxylic acids is 1. The largest absolute Gasteiger partial charge is 0.478 e. The number of rotatable bonds is 4. The van der Waals surface area contributed by atoms with E-state index in [0.29, 0.717) is 23.1 Å². The lowest BCUT2D eigenvalue weighted by atomic mass is 10.2. The zero-order valence-electron chi connectivity index (χ0n) is 10.6. The highest BCUT2D eigenvalue weighted by Crippen LogP contribution is 2.18. The highest BCUT2D eigenvalue weighted by Gasteiger charge is 2.05. The highest BCUT2D eigenvalue weighted by molar-refractivity contribution is 5.89. The Hall–Kier alpha value is -2.63. The third-order valence-electron chi connectivity index (χ3n) is 2.48. The van der Waals surface area contributed by atoms with Crippen molar-refractivity contribution < 1.29 is 9.90 Å². The quantitative estimate of drug-likeness (QED) is 0.779. The minimum atomic E-state index is -0.960. The van der Waals surface area contributed by atoms with Crippen LogP contribution in [-0.4, -0.2) is 28.1 Å². The molecule has 0 amide bonds. The van der Waals surface area contributed by atoms with E-state index in [1.807, 2.05) is 0 Å². The van der Waals surface area contributed by atoms with Gasteiger partial charge in [-0.2, -0.15) is 0 Å². The summed E-state index contributed by atoms with van der Waals surface area (Å²) in [6.07, 6.45) is 0. The Morgan fingerprint density at radius 2 is 1.95 bits per heavy atom. The number of nitrogens with one attached hydrogen (secondary N) is 2. The van der Waals surface area contributed by atoms with Crippen LogP contribution in [0, 0.1) is 6.92 Å². The minimum Gasteiger partial charge on any atom is -0.478 e. The van der Waals surface area contributed by atoms with Crippen molar-refractivity contribution in [2.75, 3.05) is 17.7 Å². The van der Waals surface area contributed by atoms with Gasteiger partial charge in [0.1, 0.15) is 17.5 Å². The summed E-state index contributed by atoms with van der Waals surface area (Å²) in [5, 5.41) is 14.9. The van der Waals surface area contributed by atoms with E-state index in [1.165, 1.54) is 6.07 Å². The Kier molecular flexibility index (Phi) is 3.61. The summed E-state index contributed by atoms with van der Waals surface area (Å²) in [7, 11) is 1.77. The number of nitrogens with zero attached hydrogens (tertiary/aromatic N) is 2. The third-order valence-corrected chi connectivity index (χ3v) is 2.48. The van der Waals surface area contributed by atoms with Gasteiger partial charge in [0, 0.05) is 18.8 Å². The molecule has 0 aliphatic carbocycles. The molecule has 0 bridgehead atoms. The fourth-order valence-electron chi connectivity index (χ4n) is 1.64. The zero-order valence-corrected chi connectivity index (χ0v) is 10.6. The molecule has 0 unspecified atom stereocenters. The van der Waals surface area contributed by atoms with E-state index in [-0.39, 0.29) is 5.56 Å². The van der Waals surface area contributed by atoms with E-state index in [9.17, 15) is 4.79 Å². The van der Waals surface area contributed by atoms with Crippen LogP contribution >= 0.6 is 0 Å². The Bertz CT molecular complexity index is 613. The second-order valence-electron chi connectivity index (χ2n) is 3.95. The zero-order chi connectivity index (χ0) is 13.8. The van der Waals surface area contributed by atoms with Crippen molar-refractivity contribution in [3.05, 3.63) is 41.7 Å². The van der Waals surface area contributed by atoms with Gasteiger partial charge in [-0.25, -0.2) is 14.8 Å². The number of aromatic carboxylic acids is 1. The van der Waals surface area contributed by atoms with Crippen LogP contribution in [0.4, 0.5) is 17.3 Å². The van der Waals surface area contributed by atoms with Crippen LogP contribution < -0.4 is 10.6 Å². The molecule has 1 aromatic heterocycles. The lowest BCUT2D eigenvalue weighted by Crippen LogP contribution is -2.02. The average Bonchev–Trinajstić information content (AvgIpc) is 2.38. The molecule has 98 valence electrons. The van der Waals surface area contributed by atoms with Gasteiger partial charge >= 0.3 is 5.97 Å².